The van der Waals surface area contributed by atoms with Gasteiger partial charge in [-0.05, 0) is 66.6 Å². The summed E-state index contributed by atoms with van der Waals surface area (Å²) in [7, 11) is 0. The Morgan fingerprint density at radius 2 is 2.10 bits per heavy atom. The van der Waals surface area contributed by atoms with E-state index in [0.717, 1.165) is 11.7 Å². The Hall–Kier alpha value is -1.06. The van der Waals surface area contributed by atoms with Crippen molar-refractivity contribution in [1.29, 1.82) is 0 Å². The van der Waals surface area contributed by atoms with Gasteiger partial charge in [0.05, 0.1) is 0 Å². The van der Waals surface area contributed by atoms with E-state index in [1.54, 1.807) is 11.3 Å². The second kappa shape index (κ2) is 5.74. The number of hydrogen-bond donors (Lipinski definition) is 0. The molecule has 2 bridgehead atoms. The van der Waals surface area contributed by atoms with Gasteiger partial charge in [0.1, 0.15) is 5.75 Å². The van der Waals surface area contributed by atoms with Crippen LogP contribution in [-0.4, -0.2) is 24.2 Å². The lowest BCUT2D eigenvalue weighted by atomic mass is 9.89. The van der Waals surface area contributed by atoms with Gasteiger partial charge in [0, 0.05) is 17.8 Å². The minimum absolute atomic E-state index is 0. The summed E-state index contributed by atoms with van der Waals surface area (Å²) in [4.78, 5) is 2.54. The minimum Gasteiger partial charge on any atom is -0.475 e. The molecule has 2 aliphatic heterocycles. The Bertz CT molecular complexity index is 579. The third kappa shape index (κ3) is 2.57. The largest absolute Gasteiger partial charge is 0.475 e. The lowest BCUT2D eigenvalue weighted by molar-refractivity contribution is -0.0429. The first-order chi connectivity index (χ1) is 9.38. The number of rotatable bonds is 2. The molecule has 0 N–H and O–H groups in total. The maximum absolute atomic E-state index is 6.25. The molecular formula is C17H21NOS. The van der Waals surface area contributed by atoms with Crippen molar-refractivity contribution in [3.63, 3.8) is 0 Å². The van der Waals surface area contributed by atoms with Crippen molar-refractivity contribution in [2.75, 3.05) is 13.1 Å². The van der Waals surface area contributed by atoms with Crippen molar-refractivity contribution in [2.24, 2.45) is 5.92 Å². The summed E-state index contributed by atoms with van der Waals surface area (Å²) in [6, 6.07) is 8.65. The predicted molar refractivity (Wildman–Crippen MR) is 85.1 cm³/mol. The van der Waals surface area contributed by atoms with Crippen molar-refractivity contribution in [1.82, 2.24) is 4.90 Å². The van der Waals surface area contributed by atoms with E-state index in [0.29, 0.717) is 6.23 Å². The van der Waals surface area contributed by atoms with E-state index in [1.165, 1.54) is 48.9 Å². The van der Waals surface area contributed by atoms with E-state index in [2.05, 4.69) is 34.5 Å². The van der Waals surface area contributed by atoms with E-state index in [1.807, 2.05) is 0 Å². The summed E-state index contributed by atoms with van der Waals surface area (Å²) in [6.07, 6.45) is 5.58. The van der Waals surface area contributed by atoms with Crippen LogP contribution in [0.2, 0.25) is 0 Å². The van der Waals surface area contributed by atoms with Crippen LogP contribution >= 0.6 is 11.3 Å². The highest BCUT2D eigenvalue weighted by Gasteiger charge is 2.32. The molecule has 2 saturated heterocycles. The molecule has 0 amide bonds. The van der Waals surface area contributed by atoms with Crippen LogP contribution in [0.15, 0.2) is 29.6 Å². The maximum Gasteiger partial charge on any atom is 0.152 e. The smallest absolute Gasteiger partial charge is 0.152 e. The van der Waals surface area contributed by atoms with Crippen LogP contribution < -0.4 is 4.74 Å². The minimum atomic E-state index is 0. The molecule has 0 aliphatic carbocycles. The molecular weight excluding hydrogens is 266 g/mol. The van der Waals surface area contributed by atoms with Crippen molar-refractivity contribution < 1.29 is 4.74 Å². The van der Waals surface area contributed by atoms with E-state index in [9.17, 15) is 0 Å². The van der Waals surface area contributed by atoms with Gasteiger partial charge in [-0.15, -0.1) is 11.3 Å². The van der Waals surface area contributed by atoms with Gasteiger partial charge in [-0.2, -0.15) is 0 Å². The second-order valence-electron chi connectivity index (χ2n) is 5.77. The van der Waals surface area contributed by atoms with Crippen LogP contribution in [-0.2, 0) is 0 Å². The highest BCUT2D eigenvalue weighted by Crippen LogP contribution is 2.32. The van der Waals surface area contributed by atoms with Gasteiger partial charge >= 0.3 is 0 Å². The molecule has 1 aromatic carbocycles. The standard InChI is InChI=1S/C16H19NOS.CH2/c1-2-12-3-6-16(17(8-1)11-12)18-14-4-5-15-13(10-14)7-9-19-15;/h4-5,7,9-10,12,16H,1-3,6,8,11H2;1H2. The summed E-state index contributed by atoms with van der Waals surface area (Å²) in [5.41, 5.74) is 0. The average Bonchev–Trinajstić information content (AvgIpc) is 2.90. The summed E-state index contributed by atoms with van der Waals surface area (Å²) >= 11 is 1.79. The summed E-state index contributed by atoms with van der Waals surface area (Å²) < 4.78 is 7.59. The summed E-state index contributed by atoms with van der Waals surface area (Å²) in [5, 5.41) is 3.44. The summed E-state index contributed by atoms with van der Waals surface area (Å²) in [6.45, 7) is 2.45. The van der Waals surface area contributed by atoms with Gasteiger partial charge in [-0.1, -0.05) is 7.43 Å². The SMILES string of the molecule is [CH2].c1cc2cc(OC3CCC4CCCN3C4)ccc2s1. The van der Waals surface area contributed by atoms with Crippen LogP contribution in [0.4, 0.5) is 0 Å². The highest BCUT2D eigenvalue weighted by molar-refractivity contribution is 7.17. The molecule has 4 rings (SSSR count). The lowest BCUT2D eigenvalue weighted by Gasteiger charge is -2.43. The van der Waals surface area contributed by atoms with Gasteiger partial charge in [0.2, 0.25) is 0 Å². The van der Waals surface area contributed by atoms with Gasteiger partial charge < -0.3 is 4.74 Å². The Balaban J connectivity index is 0.00000121. The molecule has 3 heteroatoms. The van der Waals surface area contributed by atoms with Gasteiger partial charge in [0.25, 0.3) is 0 Å². The van der Waals surface area contributed by atoms with Gasteiger partial charge in [0.15, 0.2) is 6.23 Å². The second-order valence-corrected chi connectivity index (χ2v) is 6.72. The van der Waals surface area contributed by atoms with Gasteiger partial charge in [-0.25, -0.2) is 0 Å². The molecule has 3 unspecified atom stereocenters. The van der Waals surface area contributed by atoms with Crippen LogP contribution in [0.3, 0.4) is 0 Å². The maximum atomic E-state index is 6.25. The molecule has 2 fully saturated rings. The Morgan fingerprint density at radius 3 is 3.05 bits per heavy atom. The first kappa shape index (κ1) is 13.9. The van der Waals surface area contributed by atoms with Crippen LogP contribution in [0.25, 0.3) is 10.1 Å². The van der Waals surface area contributed by atoms with E-state index in [-0.39, 0.29) is 7.43 Å². The molecule has 20 heavy (non-hydrogen) atoms. The van der Waals surface area contributed by atoms with Crippen molar-refractivity contribution >= 4 is 21.4 Å². The number of piperidine rings is 2. The Kier molecular flexibility index (Phi) is 3.99. The Morgan fingerprint density at radius 1 is 1.15 bits per heavy atom. The number of nitrogens with zero attached hydrogens (tertiary/aromatic N) is 1. The van der Waals surface area contributed by atoms with E-state index < -0.39 is 0 Å². The zero-order chi connectivity index (χ0) is 12.7. The molecule has 106 valence electrons. The third-order valence-electron chi connectivity index (χ3n) is 4.48. The fraction of sp³-hybridized carbons (Fsp3) is 0.471. The number of hydrogen-bond acceptors (Lipinski definition) is 3. The molecule has 3 heterocycles. The first-order valence-electron chi connectivity index (χ1n) is 7.26. The number of thiophene rings is 1. The highest BCUT2D eigenvalue weighted by atomic mass is 32.1. The molecule has 3 atom stereocenters. The normalized spacial score (nSPS) is 28.9. The van der Waals surface area contributed by atoms with E-state index >= 15 is 0 Å². The quantitative estimate of drug-likeness (QED) is 0.809. The van der Waals surface area contributed by atoms with Crippen LogP contribution in [0, 0.1) is 13.3 Å². The zero-order valence-corrected chi connectivity index (χ0v) is 12.6. The number of fused-ring (bicyclic) bond motifs is 3. The summed E-state index contributed by atoms with van der Waals surface area (Å²) in [5.74, 6) is 1.95. The lowest BCUT2D eigenvalue weighted by Crippen LogP contribution is -2.49. The van der Waals surface area contributed by atoms with Crippen molar-refractivity contribution in [3.05, 3.63) is 37.1 Å². The van der Waals surface area contributed by atoms with Crippen molar-refractivity contribution in [3.8, 4) is 5.75 Å². The third-order valence-corrected chi connectivity index (χ3v) is 5.37. The molecule has 2 aromatic rings. The van der Waals surface area contributed by atoms with Crippen LogP contribution in [0.5, 0.6) is 5.75 Å². The zero-order valence-electron chi connectivity index (χ0n) is 11.8. The Labute approximate surface area is 125 Å². The molecule has 2 aliphatic rings. The monoisotopic (exact) mass is 287 g/mol. The predicted octanol–water partition coefficient (Wildman–Crippen LogP) is 4.44. The molecule has 2 nitrogen and oxygen atoms in total. The number of benzene rings is 1. The average molecular weight is 287 g/mol. The first-order valence-corrected chi connectivity index (χ1v) is 8.14. The van der Waals surface area contributed by atoms with Crippen LogP contribution in [0.1, 0.15) is 25.7 Å². The molecule has 2 radical (unpaired) electrons. The molecule has 0 spiro atoms. The number of ether oxygens (including phenoxy) is 1. The van der Waals surface area contributed by atoms with Gasteiger partial charge in [-0.3, -0.25) is 4.90 Å². The topological polar surface area (TPSA) is 12.5 Å². The van der Waals surface area contributed by atoms with Crippen molar-refractivity contribution in [2.45, 2.75) is 31.9 Å². The molecule has 1 aromatic heterocycles. The fourth-order valence-corrected chi connectivity index (χ4v) is 4.23. The molecule has 0 saturated carbocycles. The van der Waals surface area contributed by atoms with E-state index in [4.69, 9.17) is 4.74 Å². The fourth-order valence-electron chi connectivity index (χ4n) is 3.46.